The van der Waals surface area contributed by atoms with Crippen molar-refractivity contribution in [1.29, 1.82) is 0 Å². The molecule has 21 heavy (non-hydrogen) atoms. The van der Waals surface area contributed by atoms with Crippen molar-refractivity contribution in [2.75, 3.05) is 39.3 Å². The normalized spacial score (nSPS) is 18.5. The molecule has 1 aliphatic rings. The fraction of sp³-hybridized carbons (Fsp3) is 0.923. The largest absolute Gasteiger partial charge is 0.353 e. The quantitative estimate of drug-likeness (QED) is 0.741. The van der Waals surface area contributed by atoms with Crippen molar-refractivity contribution in [3.05, 3.63) is 0 Å². The van der Waals surface area contributed by atoms with E-state index in [4.69, 9.17) is 5.73 Å². The number of amides is 1. The lowest BCUT2D eigenvalue weighted by atomic mass is 10.2. The number of likely N-dealkylation sites (N-methyl/N-ethyl adjacent to an activating group) is 1. The first-order chi connectivity index (χ1) is 8.58. The first-order valence-electron chi connectivity index (χ1n) is 7.08. The molecule has 2 atom stereocenters. The molecule has 1 rings (SSSR count). The maximum absolute atomic E-state index is 11.6. The molecule has 1 heterocycles. The van der Waals surface area contributed by atoms with Crippen LogP contribution in [0.5, 0.6) is 0 Å². The van der Waals surface area contributed by atoms with Gasteiger partial charge in [0.15, 0.2) is 0 Å². The van der Waals surface area contributed by atoms with Crippen LogP contribution >= 0.6 is 37.2 Å². The molecule has 0 aromatic heterocycles. The minimum Gasteiger partial charge on any atom is -0.353 e. The lowest BCUT2D eigenvalue weighted by Crippen LogP contribution is -2.53. The van der Waals surface area contributed by atoms with Gasteiger partial charge in [0, 0.05) is 38.8 Å². The van der Waals surface area contributed by atoms with Gasteiger partial charge >= 0.3 is 0 Å². The topological polar surface area (TPSA) is 61.6 Å². The van der Waals surface area contributed by atoms with Crippen LogP contribution in [0, 0.1) is 0 Å². The van der Waals surface area contributed by atoms with Crippen molar-refractivity contribution >= 4 is 43.1 Å². The molecule has 0 radical (unpaired) electrons. The summed E-state index contributed by atoms with van der Waals surface area (Å²) in [6, 6.07) is 0.0196. The Kier molecular flexibility index (Phi) is 17.2. The van der Waals surface area contributed by atoms with Gasteiger partial charge in [-0.25, -0.2) is 0 Å². The van der Waals surface area contributed by atoms with E-state index in [9.17, 15) is 4.79 Å². The Morgan fingerprint density at radius 3 is 2.10 bits per heavy atom. The van der Waals surface area contributed by atoms with Crippen LogP contribution in [0.1, 0.15) is 27.2 Å². The summed E-state index contributed by atoms with van der Waals surface area (Å²) in [5.74, 6) is -0.0310. The molecular weight excluding hydrogens is 335 g/mol. The van der Waals surface area contributed by atoms with E-state index in [1.165, 1.54) is 0 Å². The molecule has 0 aliphatic carbocycles. The van der Waals surface area contributed by atoms with E-state index in [0.29, 0.717) is 19.0 Å². The highest BCUT2D eigenvalue weighted by Crippen LogP contribution is 2.05. The van der Waals surface area contributed by atoms with Crippen LogP contribution in [0.4, 0.5) is 0 Å². The number of carbonyl (C=O) groups is 1. The van der Waals surface area contributed by atoms with Crippen molar-refractivity contribution in [3.8, 4) is 0 Å². The van der Waals surface area contributed by atoms with Crippen molar-refractivity contribution in [3.63, 3.8) is 0 Å². The number of nitrogens with two attached hydrogens (primary N) is 1. The van der Waals surface area contributed by atoms with Crippen LogP contribution < -0.4 is 11.1 Å². The van der Waals surface area contributed by atoms with Gasteiger partial charge in [-0.1, -0.05) is 13.8 Å². The number of piperazine rings is 1. The Morgan fingerprint density at radius 2 is 1.67 bits per heavy atom. The van der Waals surface area contributed by atoms with Gasteiger partial charge in [0.1, 0.15) is 0 Å². The summed E-state index contributed by atoms with van der Waals surface area (Å²) in [5.41, 5.74) is 5.69. The van der Waals surface area contributed by atoms with Crippen LogP contribution in [0.3, 0.4) is 0 Å². The zero-order valence-corrected chi connectivity index (χ0v) is 15.7. The van der Waals surface area contributed by atoms with Gasteiger partial charge < -0.3 is 16.0 Å². The summed E-state index contributed by atoms with van der Waals surface area (Å²) in [6.45, 7) is 12.5. The maximum Gasteiger partial charge on any atom is 0.236 e. The molecule has 5 nitrogen and oxygen atoms in total. The van der Waals surface area contributed by atoms with Crippen LogP contribution in [0.2, 0.25) is 0 Å². The van der Waals surface area contributed by atoms with Crippen molar-refractivity contribution in [1.82, 2.24) is 15.1 Å². The molecule has 1 aliphatic heterocycles. The standard InChI is InChI=1S/C13H28N4O.3ClH/c1-4-12(14)13(18)15-10-11(3)17-8-6-16(5-2)7-9-17;;;/h11-12H,4-10,14H2,1-3H3,(H,15,18);3*1H/t11?,12-;;;/m0.../s1. The first kappa shape index (κ1) is 26.1. The summed E-state index contributed by atoms with van der Waals surface area (Å²) in [7, 11) is 0. The molecule has 0 spiro atoms. The Hall–Kier alpha value is 0.220. The van der Waals surface area contributed by atoms with Crippen LogP contribution in [0.25, 0.3) is 0 Å². The second-order valence-electron chi connectivity index (χ2n) is 5.08. The van der Waals surface area contributed by atoms with Gasteiger partial charge in [-0.3, -0.25) is 9.69 Å². The zero-order chi connectivity index (χ0) is 13.5. The van der Waals surface area contributed by atoms with Gasteiger partial charge in [0.2, 0.25) is 5.91 Å². The Labute approximate surface area is 147 Å². The number of hydrogen-bond donors (Lipinski definition) is 2. The van der Waals surface area contributed by atoms with E-state index >= 15 is 0 Å². The molecule has 0 saturated carbocycles. The van der Waals surface area contributed by atoms with E-state index in [1.807, 2.05) is 6.92 Å². The second kappa shape index (κ2) is 13.9. The van der Waals surface area contributed by atoms with Crippen molar-refractivity contribution < 1.29 is 4.79 Å². The molecule has 130 valence electrons. The van der Waals surface area contributed by atoms with Crippen LogP contribution in [-0.2, 0) is 4.79 Å². The predicted molar refractivity (Wildman–Crippen MR) is 96.2 cm³/mol. The number of rotatable bonds is 6. The smallest absolute Gasteiger partial charge is 0.236 e. The van der Waals surface area contributed by atoms with Crippen molar-refractivity contribution in [2.24, 2.45) is 5.73 Å². The average Bonchev–Trinajstić information content (AvgIpc) is 2.43. The molecule has 0 aromatic rings. The van der Waals surface area contributed by atoms with Gasteiger partial charge in [0.25, 0.3) is 0 Å². The molecule has 3 N–H and O–H groups in total. The van der Waals surface area contributed by atoms with Gasteiger partial charge in [0.05, 0.1) is 6.04 Å². The fourth-order valence-corrected chi connectivity index (χ4v) is 2.21. The minimum atomic E-state index is -0.367. The second-order valence-corrected chi connectivity index (χ2v) is 5.08. The number of halogens is 3. The van der Waals surface area contributed by atoms with Gasteiger partial charge in [-0.2, -0.15) is 0 Å². The number of hydrogen-bond acceptors (Lipinski definition) is 4. The summed E-state index contributed by atoms with van der Waals surface area (Å²) >= 11 is 0. The van der Waals surface area contributed by atoms with Crippen LogP contribution in [-0.4, -0.2) is 67.1 Å². The number of carbonyl (C=O) groups excluding carboxylic acids is 1. The molecule has 1 amide bonds. The molecule has 0 aromatic carbocycles. The first-order valence-corrected chi connectivity index (χ1v) is 7.08. The highest BCUT2D eigenvalue weighted by atomic mass is 35.5. The molecular formula is C13H31Cl3N4O. The van der Waals surface area contributed by atoms with E-state index < -0.39 is 0 Å². The Bertz CT molecular complexity index is 264. The van der Waals surface area contributed by atoms with Gasteiger partial charge in [-0.15, -0.1) is 37.2 Å². The van der Waals surface area contributed by atoms with Crippen molar-refractivity contribution in [2.45, 2.75) is 39.3 Å². The third kappa shape index (κ3) is 9.06. The average molecular weight is 366 g/mol. The van der Waals surface area contributed by atoms with E-state index in [2.05, 4.69) is 29.0 Å². The lowest BCUT2D eigenvalue weighted by Gasteiger charge is -2.37. The van der Waals surface area contributed by atoms with E-state index in [-0.39, 0.29) is 49.2 Å². The van der Waals surface area contributed by atoms with Gasteiger partial charge in [-0.05, 0) is 19.9 Å². The fourth-order valence-electron chi connectivity index (χ4n) is 2.21. The zero-order valence-electron chi connectivity index (χ0n) is 13.2. The molecule has 1 fully saturated rings. The summed E-state index contributed by atoms with van der Waals surface area (Å²) in [6.07, 6.45) is 0.690. The number of nitrogens with zero attached hydrogens (tertiary/aromatic N) is 2. The maximum atomic E-state index is 11.6. The van der Waals surface area contributed by atoms with E-state index in [1.54, 1.807) is 0 Å². The molecule has 1 saturated heterocycles. The third-order valence-electron chi connectivity index (χ3n) is 3.83. The van der Waals surface area contributed by atoms with E-state index in [0.717, 1.165) is 32.7 Å². The monoisotopic (exact) mass is 364 g/mol. The molecule has 0 bridgehead atoms. The van der Waals surface area contributed by atoms with Crippen LogP contribution in [0.15, 0.2) is 0 Å². The summed E-state index contributed by atoms with van der Waals surface area (Å²) in [5, 5.41) is 2.94. The predicted octanol–water partition coefficient (Wildman–Crippen LogP) is 1.13. The molecule has 1 unspecified atom stereocenters. The SMILES string of the molecule is CC[C@H](N)C(=O)NCC(C)N1CCN(CC)CC1.Cl.Cl.Cl. The summed E-state index contributed by atoms with van der Waals surface area (Å²) < 4.78 is 0. The Morgan fingerprint density at radius 1 is 1.14 bits per heavy atom. The minimum absolute atomic E-state index is 0. The lowest BCUT2D eigenvalue weighted by molar-refractivity contribution is -0.122. The third-order valence-corrected chi connectivity index (χ3v) is 3.83. The highest BCUT2D eigenvalue weighted by Gasteiger charge is 2.21. The molecule has 8 heteroatoms. The Balaban J connectivity index is -0.00000108. The number of nitrogens with one attached hydrogen (secondary N) is 1. The highest BCUT2D eigenvalue weighted by molar-refractivity contribution is 5.86. The summed E-state index contributed by atoms with van der Waals surface area (Å²) in [4.78, 5) is 16.5.